The van der Waals surface area contributed by atoms with Crippen LogP contribution in [0.2, 0.25) is 0 Å². The second kappa shape index (κ2) is 9.26. The monoisotopic (exact) mass is 537 g/mol. The van der Waals surface area contributed by atoms with Crippen molar-refractivity contribution in [3.63, 3.8) is 0 Å². The Hall–Kier alpha value is -5.01. The van der Waals surface area contributed by atoms with Crippen molar-refractivity contribution in [2.24, 2.45) is 0 Å². The van der Waals surface area contributed by atoms with Crippen LogP contribution in [0.3, 0.4) is 0 Å². The number of aromatic nitrogens is 1. The molecule has 0 atom stereocenters. The standard InChI is InChI=1S/C41H31N/c1-41(2,3)32-21-29-17-19-34-36(26-9-5-4-6-10-26)23-37(35-20-18-30(22-32)39(29)40(34)35)27-13-15-28(16-14-27)38-25-42-24-31-11-7-8-12-33(31)38/h4-25H,1-3H3. The smallest absolute Gasteiger partial charge is 0.0352 e. The van der Waals surface area contributed by atoms with E-state index in [1.54, 1.807) is 0 Å². The maximum absolute atomic E-state index is 4.52. The van der Waals surface area contributed by atoms with Gasteiger partial charge in [0.05, 0.1) is 0 Å². The van der Waals surface area contributed by atoms with Crippen molar-refractivity contribution < 1.29 is 0 Å². The van der Waals surface area contributed by atoms with Gasteiger partial charge in [-0.05, 0) is 82.6 Å². The summed E-state index contributed by atoms with van der Waals surface area (Å²) >= 11 is 0. The first-order chi connectivity index (χ1) is 20.5. The van der Waals surface area contributed by atoms with Gasteiger partial charge in [-0.25, -0.2) is 0 Å². The van der Waals surface area contributed by atoms with Crippen LogP contribution in [0.1, 0.15) is 26.3 Å². The minimum absolute atomic E-state index is 0.0894. The molecular formula is C41H31N. The molecular weight excluding hydrogens is 506 g/mol. The number of hydrogen-bond donors (Lipinski definition) is 0. The van der Waals surface area contributed by atoms with E-state index in [9.17, 15) is 0 Å². The largest absolute Gasteiger partial charge is 0.263 e. The van der Waals surface area contributed by atoms with E-state index in [4.69, 9.17) is 0 Å². The SMILES string of the molecule is CC(C)(C)c1cc2ccc3c(-c4ccccc4)cc(-c4ccc(-c5cncc6ccccc56)cc4)c4ccc(c1)c2c34. The average Bonchev–Trinajstić information content (AvgIpc) is 3.03. The van der Waals surface area contributed by atoms with Gasteiger partial charge < -0.3 is 0 Å². The summed E-state index contributed by atoms with van der Waals surface area (Å²) in [6.07, 6.45) is 3.92. The van der Waals surface area contributed by atoms with Gasteiger partial charge in [-0.3, -0.25) is 4.98 Å². The van der Waals surface area contributed by atoms with Gasteiger partial charge in [-0.2, -0.15) is 0 Å². The predicted octanol–water partition coefficient (Wildman–Crippen LogP) is 11.4. The first kappa shape index (κ1) is 24.8. The summed E-state index contributed by atoms with van der Waals surface area (Å²) in [6.45, 7) is 6.89. The van der Waals surface area contributed by atoms with E-state index in [2.05, 4.69) is 147 Å². The summed E-state index contributed by atoms with van der Waals surface area (Å²) in [5, 5.41) is 10.3. The van der Waals surface area contributed by atoms with Crippen molar-refractivity contribution in [1.82, 2.24) is 4.98 Å². The minimum Gasteiger partial charge on any atom is -0.263 e. The molecule has 1 aromatic heterocycles. The summed E-state index contributed by atoms with van der Waals surface area (Å²) < 4.78 is 0. The fourth-order valence-corrected chi connectivity index (χ4v) is 6.62. The molecule has 8 aromatic rings. The molecule has 0 bridgehead atoms. The van der Waals surface area contributed by atoms with Crippen LogP contribution in [0.5, 0.6) is 0 Å². The first-order valence-corrected chi connectivity index (χ1v) is 14.7. The number of pyridine rings is 1. The van der Waals surface area contributed by atoms with E-state index in [-0.39, 0.29) is 5.41 Å². The van der Waals surface area contributed by atoms with E-state index < -0.39 is 0 Å². The maximum atomic E-state index is 4.52. The third-order valence-corrected chi connectivity index (χ3v) is 8.84. The quantitative estimate of drug-likeness (QED) is 0.204. The van der Waals surface area contributed by atoms with Crippen LogP contribution in [0.15, 0.2) is 134 Å². The molecule has 42 heavy (non-hydrogen) atoms. The zero-order valence-electron chi connectivity index (χ0n) is 24.1. The molecule has 0 spiro atoms. The summed E-state index contributed by atoms with van der Waals surface area (Å²) in [6, 6.07) is 44.8. The first-order valence-electron chi connectivity index (χ1n) is 14.7. The molecule has 0 N–H and O–H groups in total. The Bertz CT molecular complexity index is 2230. The second-order valence-corrected chi connectivity index (χ2v) is 12.5. The Morgan fingerprint density at radius 2 is 1.00 bits per heavy atom. The number of hydrogen-bond acceptors (Lipinski definition) is 1. The summed E-state index contributed by atoms with van der Waals surface area (Å²) in [7, 11) is 0. The summed E-state index contributed by atoms with van der Waals surface area (Å²) in [4.78, 5) is 4.52. The normalized spacial score (nSPS) is 12.2. The Kier molecular flexibility index (Phi) is 5.46. The van der Waals surface area contributed by atoms with Crippen LogP contribution in [0.25, 0.3) is 76.5 Å². The fraction of sp³-hybridized carbons (Fsp3) is 0.0976. The molecule has 0 aliphatic heterocycles. The lowest BCUT2D eigenvalue weighted by Crippen LogP contribution is -2.10. The predicted molar refractivity (Wildman–Crippen MR) is 180 cm³/mol. The van der Waals surface area contributed by atoms with Gasteiger partial charge in [0.15, 0.2) is 0 Å². The number of benzene rings is 7. The van der Waals surface area contributed by atoms with Gasteiger partial charge in [0, 0.05) is 23.3 Å². The molecule has 0 amide bonds. The van der Waals surface area contributed by atoms with Crippen molar-refractivity contribution in [2.45, 2.75) is 26.2 Å². The summed E-state index contributed by atoms with van der Waals surface area (Å²) in [5.74, 6) is 0. The van der Waals surface area contributed by atoms with Gasteiger partial charge in [0.2, 0.25) is 0 Å². The molecule has 0 saturated carbocycles. The second-order valence-electron chi connectivity index (χ2n) is 12.5. The topological polar surface area (TPSA) is 12.9 Å². The number of rotatable bonds is 3. The van der Waals surface area contributed by atoms with Gasteiger partial charge in [0.1, 0.15) is 0 Å². The molecule has 0 saturated heterocycles. The van der Waals surface area contributed by atoms with E-state index in [0.717, 1.165) is 10.9 Å². The Labute approximate surface area is 246 Å². The fourth-order valence-electron chi connectivity index (χ4n) is 6.62. The lowest BCUT2D eigenvalue weighted by atomic mass is 9.81. The molecule has 8 rings (SSSR count). The van der Waals surface area contributed by atoms with Crippen molar-refractivity contribution >= 4 is 43.1 Å². The van der Waals surface area contributed by atoms with Crippen LogP contribution >= 0.6 is 0 Å². The number of nitrogens with zero attached hydrogens (tertiary/aromatic N) is 1. The van der Waals surface area contributed by atoms with Gasteiger partial charge >= 0.3 is 0 Å². The molecule has 1 heteroatoms. The van der Waals surface area contributed by atoms with Crippen LogP contribution in [0, 0.1) is 0 Å². The van der Waals surface area contributed by atoms with Crippen LogP contribution in [-0.4, -0.2) is 4.98 Å². The lowest BCUT2D eigenvalue weighted by molar-refractivity contribution is 0.591. The lowest BCUT2D eigenvalue weighted by Gasteiger charge is -2.23. The van der Waals surface area contributed by atoms with Crippen molar-refractivity contribution in [1.29, 1.82) is 0 Å². The van der Waals surface area contributed by atoms with E-state index in [1.807, 2.05) is 12.4 Å². The molecule has 0 fully saturated rings. The molecule has 0 radical (unpaired) electrons. The van der Waals surface area contributed by atoms with Crippen molar-refractivity contribution in [2.75, 3.05) is 0 Å². The third-order valence-electron chi connectivity index (χ3n) is 8.84. The molecule has 0 aliphatic carbocycles. The van der Waals surface area contributed by atoms with Crippen LogP contribution < -0.4 is 0 Å². The van der Waals surface area contributed by atoms with E-state index >= 15 is 0 Å². The van der Waals surface area contributed by atoms with Crippen LogP contribution in [0.4, 0.5) is 0 Å². The highest BCUT2D eigenvalue weighted by molar-refractivity contribution is 6.28. The minimum atomic E-state index is 0.0894. The molecule has 1 nitrogen and oxygen atoms in total. The number of fused-ring (bicyclic) bond motifs is 1. The van der Waals surface area contributed by atoms with Gasteiger partial charge in [0.25, 0.3) is 0 Å². The Morgan fingerprint density at radius 1 is 0.429 bits per heavy atom. The Morgan fingerprint density at radius 3 is 1.64 bits per heavy atom. The van der Waals surface area contributed by atoms with Crippen molar-refractivity contribution in [3.8, 4) is 33.4 Å². The highest BCUT2D eigenvalue weighted by Gasteiger charge is 2.20. The Balaban J connectivity index is 1.39. The van der Waals surface area contributed by atoms with Crippen LogP contribution in [-0.2, 0) is 5.41 Å². The van der Waals surface area contributed by atoms with Gasteiger partial charge in [-0.1, -0.05) is 136 Å². The zero-order chi connectivity index (χ0) is 28.4. The van der Waals surface area contributed by atoms with E-state index in [0.29, 0.717) is 0 Å². The van der Waals surface area contributed by atoms with Crippen molar-refractivity contribution in [3.05, 3.63) is 139 Å². The zero-order valence-corrected chi connectivity index (χ0v) is 24.1. The highest BCUT2D eigenvalue weighted by atomic mass is 14.6. The molecule has 1 heterocycles. The molecule has 200 valence electrons. The van der Waals surface area contributed by atoms with E-state index in [1.165, 1.54) is 71.1 Å². The molecule has 0 unspecified atom stereocenters. The summed E-state index contributed by atoms with van der Waals surface area (Å²) in [5.41, 5.74) is 8.80. The molecule has 0 aliphatic rings. The average molecular weight is 538 g/mol. The maximum Gasteiger partial charge on any atom is 0.0352 e. The highest BCUT2D eigenvalue weighted by Crippen LogP contribution is 2.45. The van der Waals surface area contributed by atoms with Gasteiger partial charge in [-0.15, -0.1) is 0 Å². The molecule has 7 aromatic carbocycles. The third kappa shape index (κ3) is 3.89.